The predicted molar refractivity (Wildman–Crippen MR) is 126 cm³/mol. The molecule has 3 aliphatic carbocycles. The molecule has 0 saturated carbocycles. The maximum absolute atomic E-state index is 13.6. The largest absolute Gasteiger partial charge is 0.510 e. The van der Waals surface area contributed by atoms with Gasteiger partial charge in [0.05, 0.1) is 23.8 Å². The lowest BCUT2D eigenvalue weighted by Crippen LogP contribution is -2.63. The van der Waals surface area contributed by atoms with Crippen molar-refractivity contribution in [2.45, 2.75) is 24.5 Å². The molecule has 0 bridgehead atoms. The van der Waals surface area contributed by atoms with Crippen LogP contribution >= 0.6 is 0 Å². The van der Waals surface area contributed by atoms with Gasteiger partial charge in [0.25, 0.3) is 5.91 Å². The minimum Gasteiger partial charge on any atom is -0.510 e. The molecule has 12 nitrogen and oxygen atoms in total. The number of primary amides is 1. The fourth-order valence-corrected chi connectivity index (χ4v) is 5.63. The maximum Gasteiger partial charge on any atom is 0.255 e. The van der Waals surface area contributed by atoms with Crippen molar-refractivity contribution in [2.75, 3.05) is 33.0 Å². The number of amides is 2. The van der Waals surface area contributed by atoms with E-state index in [1.165, 1.54) is 18.0 Å². The summed E-state index contributed by atoms with van der Waals surface area (Å²) < 4.78 is 0. The Bertz CT molecular complexity index is 1270. The Morgan fingerprint density at radius 1 is 1.19 bits per heavy atom. The molecule has 1 aromatic rings. The van der Waals surface area contributed by atoms with Gasteiger partial charge in [-0.25, -0.2) is 0 Å². The summed E-state index contributed by atoms with van der Waals surface area (Å²) in [5.74, 6) is -7.41. The number of phenolic OH excluding ortho intramolecular Hbond substituents is 1. The number of allylic oxidation sites excluding steroid dienone is 1. The van der Waals surface area contributed by atoms with Crippen molar-refractivity contribution in [2.24, 2.45) is 17.6 Å². The molecule has 0 aromatic heterocycles. The van der Waals surface area contributed by atoms with Gasteiger partial charge in [-0.3, -0.25) is 24.1 Å². The second-order valence-corrected chi connectivity index (χ2v) is 9.49. The molecule has 3 unspecified atom stereocenters. The van der Waals surface area contributed by atoms with Crippen molar-refractivity contribution >= 4 is 29.1 Å². The van der Waals surface area contributed by atoms with Crippen LogP contribution in [0.3, 0.4) is 0 Å². The fourth-order valence-electron chi connectivity index (χ4n) is 5.63. The minimum atomic E-state index is -2.69. The summed E-state index contributed by atoms with van der Waals surface area (Å²) in [6.07, 6.45) is 0.209. The summed E-state index contributed by atoms with van der Waals surface area (Å²) in [6, 6.07) is 2.10. The van der Waals surface area contributed by atoms with Crippen LogP contribution in [-0.4, -0.2) is 88.0 Å². The van der Waals surface area contributed by atoms with E-state index in [0.717, 1.165) is 0 Å². The number of hydrogen-bond donors (Lipinski definition) is 7. The van der Waals surface area contributed by atoms with Gasteiger partial charge in [-0.05, 0) is 44.5 Å². The van der Waals surface area contributed by atoms with Gasteiger partial charge in [0.2, 0.25) is 11.7 Å². The van der Waals surface area contributed by atoms with Gasteiger partial charge in [0.15, 0.2) is 11.4 Å². The van der Waals surface area contributed by atoms with E-state index in [1.54, 1.807) is 20.2 Å². The lowest BCUT2D eigenvalue weighted by Gasteiger charge is -2.50. The van der Waals surface area contributed by atoms with Gasteiger partial charge in [-0.1, -0.05) is 6.07 Å². The number of nitrogens with zero attached hydrogens (tertiary/aromatic N) is 1. The van der Waals surface area contributed by atoms with E-state index in [1.807, 2.05) is 0 Å². The number of carbonyl (C=O) groups excluding carboxylic acids is 4. The molecule has 8 N–H and O–H groups in total. The fraction of sp³-hybridized carbons (Fsp3) is 0.417. The number of nitrogens with two attached hydrogens (primary N) is 1. The Labute approximate surface area is 206 Å². The van der Waals surface area contributed by atoms with E-state index >= 15 is 0 Å². The van der Waals surface area contributed by atoms with Gasteiger partial charge >= 0.3 is 0 Å². The Balaban J connectivity index is 1.85. The van der Waals surface area contributed by atoms with Gasteiger partial charge in [-0.15, -0.1) is 0 Å². The maximum atomic E-state index is 13.6. The molecule has 36 heavy (non-hydrogen) atoms. The monoisotopic (exact) mass is 500 g/mol. The molecule has 0 aliphatic heterocycles. The first-order chi connectivity index (χ1) is 16.9. The molecule has 192 valence electrons. The molecule has 0 fully saturated rings. The van der Waals surface area contributed by atoms with E-state index in [2.05, 4.69) is 10.6 Å². The summed E-state index contributed by atoms with van der Waals surface area (Å²) >= 11 is 0. The Hall–Kier alpha value is -3.90. The second kappa shape index (κ2) is 8.64. The van der Waals surface area contributed by atoms with E-state index in [9.17, 15) is 39.6 Å². The third-order valence-corrected chi connectivity index (χ3v) is 7.31. The van der Waals surface area contributed by atoms with Crippen molar-refractivity contribution in [1.29, 1.82) is 0 Å². The van der Waals surface area contributed by atoms with E-state index in [0.29, 0.717) is 5.56 Å². The molecule has 0 heterocycles. The van der Waals surface area contributed by atoms with E-state index in [4.69, 9.17) is 5.73 Å². The number of aliphatic hydroxyl groups is 3. The van der Waals surface area contributed by atoms with Crippen LogP contribution in [0.2, 0.25) is 0 Å². The third-order valence-electron chi connectivity index (χ3n) is 7.31. The highest BCUT2D eigenvalue weighted by Gasteiger charge is 2.63. The first kappa shape index (κ1) is 25.2. The number of aromatic hydroxyl groups is 1. The summed E-state index contributed by atoms with van der Waals surface area (Å²) in [6.45, 7) is -0.165. The number of aliphatic hydroxyl groups excluding tert-OH is 2. The minimum absolute atomic E-state index is 0.0171. The Morgan fingerprint density at radius 3 is 2.44 bits per heavy atom. The van der Waals surface area contributed by atoms with Crippen LogP contribution in [0.5, 0.6) is 5.75 Å². The number of ketones is 2. The molecule has 12 heteroatoms. The second-order valence-electron chi connectivity index (χ2n) is 9.49. The topological polar surface area (TPSA) is 203 Å². The highest BCUT2D eigenvalue weighted by molar-refractivity contribution is 6.24. The van der Waals surface area contributed by atoms with Crippen molar-refractivity contribution in [3.63, 3.8) is 0 Å². The summed E-state index contributed by atoms with van der Waals surface area (Å²) in [5, 5.41) is 49.5. The zero-order chi connectivity index (χ0) is 26.7. The SMILES string of the molecule is CNC(=O)CNc1ccc2c(c1O)C(=O)C1=C(O)C3(O)C(=O)C(C(N)=O)=C(O)[C@@H](N(C)C)C3CC1C2. The number of anilines is 1. The molecular formula is C24H28N4O8. The summed E-state index contributed by atoms with van der Waals surface area (Å²) in [5.41, 5.74) is 2.00. The lowest BCUT2D eigenvalue weighted by molar-refractivity contribution is -0.148. The Kier molecular flexibility index (Phi) is 6.05. The molecule has 0 radical (unpaired) electrons. The van der Waals surface area contributed by atoms with Crippen molar-refractivity contribution in [1.82, 2.24) is 10.2 Å². The molecule has 4 atom stereocenters. The molecular weight excluding hydrogens is 472 g/mol. The van der Waals surface area contributed by atoms with Crippen LogP contribution in [0.25, 0.3) is 0 Å². The standard InChI is InChI=1S/C24H28N4O8/c1-26-13(29)8-27-12-5-4-9-6-10-7-11-17(28(2)3)20(32)16(23(25)35)22(34)24(11,36)21(33)15(10)19(31)14(9)18(12)30/h4-5,10-11,17,27,30,32-33,36H,6-8H2,1-3H3,(H2,25,35)(H,26,29)/t10?,11?,17-,24?/m0/s1. The quantitative estimate of drug-likeness (QED) is 0.200. The van der Waals surface area contributed by atoms with Crippen LogP contribution in [0.1, 0.15) is 22.3 Å². The van der Waals surface area contributed by atoms with Crippen molar-refractivity contribution in [3.8, 4) is 5.75 Å². The predicted octanol–water partition coefficient (Wildman–Crippen LogP) is -0.721. The van der Waals surface area contributed by atoms with Gasteiger partial charge in [-0.2, -0.15) is 0 Å². The van der Waals surface area contributed by atoms with Gasteiger partial charge in [0.1, 0.15) is 22.8 Å². The lowest BCUT2D eigenvalue weighted by atomic mass is 9.58. The molecule has 0 spiro atoms. The highest BCUT2D eigenvalue weighted by atomic mass is 16.3. The van der Waals surface area contributed by atoms with E-state index in [-0.39, 0.29) is 42.1 Å². The first-order valence-electron chi connectivity index (χ1n) is 11.3. The van der Waals surface area contributed by atoms with Crippen LogP contribution in [0, 0.1) is 11.8 Å². The van der Waals surface area contributed by atoms with Crippen molar-refractivity contribution < 1.29 is 39.6 Å². The Morgan fingerprint density at radius 2 is 1.86 bits per heavy atom. The number of phenols is 1. The number of carbonyl (C=O) groups is 4. The van der Waals surface area contributed by atoms with Gasteiger partial charge < -0.3 is 36.8 Å². The molecule has 4 rings (SSSR count). The van der Waals surface area contributed by atoms with Crippen LogP contribution < -0.4 is 16.4 Å². The highest BCUT2D eigenvalue weighted by Crippen LogP contribution is 2.52. The first-order valence-corrected chi connectivity index (χ1v) is 11.3. The number of Topliss-reactive ketones (excluding diaryl/α,β-unsaturated/α-hetero) is 2. The third kappa shape index (κ3) is 3.44. The summed E-state index contributed by atoms with van der Waals surface area (Å²) in [7, 11) is 4.58. The zero-order valence-corrected chi connectivity index (χ0v) is 20.0. The number of hydrogen-bond acceptors (Lipinski definition) is 10. The molecule has 2 amide bonds. The number of rotatable bonds is 5. The van der Waals surface area contributed by atoms with Crippen LogP contribution in [0.4, 0.5) is 5.69 Å². The number of benzene rings is 1. The van der Waals surface area contributed by atoms with Crippen LogP contribution in [-0.2, 0) is 20.8 Å². The molecule has 0 saturated heterocycles. The smallest absolute Gasteiger partial charge is 0.255 e. The van der Waals surface area contributed by atoms with Crippen molar-refractivity contribution in [3.05, 3.63) is 45.9 Å². The normalized spacial score (nSPS) is 27.4. The van der Waals surface area contributed by atoms with Crippen LogP contribution in [0.15, 0.2) is 34.8 Å². The number of likely N-dealkylation sites (N-methyl/N-ethyl adjacent to an activating group) is 2. The zero-order valence-electron chi connectivity index (χ0n) is 20.0. The van der Waals surface area contributed by atoms with E-state index < -0.39 is 63.8 Å². The average Bonchev–Trinajstić information content (AvgIpc) is 2.80. The van der Waals surface area contributed by atoms with Gasteiger partial charge in [0, 0.05) is 18.5 Å². The summed E-state index contributed by atoms with van der Waals surface area (Å²) in [4.78, 5) is 51.9. The molecule has 1 aromatic carbocycles. The number of nitrogens with one attached hydrogen (secondary N) is 2. The average molecular weight is 501 g/mol. The number of fused-ring (bicyclic) bond motifs is 3. The molecule has 3 aliphatic rings.